The van der Waals surface area contributed by atoms with Crippen molar-refractivity contribution in [3.05, 3.63) is 94.5 Å². The molecular weight excluding hydrogens is 384 g/mol. The lowest BCUT2D eigenvalue weighted by atomic mass is 10.0. The average molecular weight is 407 g/mol. The molecule has 0 aliphatic carbocycles. The Morgan fingerprint density at radius 1 is 0.846 bits per heavy atom. The van der Waals surface area contributed by atoms with Crippen LogP contribution in [0.1, 0.15) is 34.7 Å². The lowest BCUT2D eigenvalue weighted by Crippen LogP contribution is -1.87. The minimum atomic E-state index is 0.847. The Kier molecular flexibility index (Phi) is 5.95. The summed E-state index contributed by atoms with van der Waals surface area (Å²) in [4.78, 5) is 0. The molecule has 0 unspecified atom stereocenters. The van der Waals surface area contributed by atoms with Crippen LogP contribution in [0.4, 0.5) is 0 Å². The fourth-order valence-electron chi connectivity index (χ4n) is 3.00. The predicted molar refractivity (Wildman–Crippen MR) is 115 cm³/mol. The number of rotatable bonds is 5. The highest BCUT2D eigenvalue weighted by Gasteiger charge is 2.01. The van der Waals surface area contributed by atoms with Crippen LogP contribution < -0.4 is 4.74 Å². The number of ether oxygens (including phenoxy) is 1. The third kappa shape index (κ3) is 4.86. The normalized spacial score (nSPS) is 11.5. The number of alkyl halides is 1. The molecule has 0 radical (unpaired) electrons. The van der Waals surface area contributed by atoms with E-state index in [1.165, 1.54) is 33.4 Å². The third-order valence-corrected chi connectivity index (χ3v) is 4.90. The highest BCUT2D eigenvalue weighted by molar-refractivity contribution is 9.08. The van der Waals surface area contributed by atoms with Gasteiger partial charge in [0.05, 0.1) is 0 Å². The maximum absolute atomic E-state index is 5.93. The van der Waals surface area contributed by atoms with Gasteiger partial charge < -0.3 is 4.74 Å². The minimum Gasteiger partial charge on any atom is -0.457 e. The van der Waals surface area contributed by atoms with Crippen LogP contribution in [-0.2, 0) is 5.33 Å². The summed E-state index contributed by atoms with van der Waals surface area (Å²) in [5, 5.41) is 0.855. The summed E-state index contributed by atoms with van der Waals surface area (Å²) in [7, 11) is 0. The molecule has 0 aliphatic heterocycles. The largest absolute Gasteiger partial charge is 0.457 e. The summed E-state index contributed by atoms with van der Waals surface area (Å²) in [5.41, 5.74) is 7.50. The van der Waals surface area contributed by atoms with Crippen LogP contribution in [0.2, 0.25) is 0 Å². The molecule has 0 fully saturated rings. The molecule has 132 valence electrons. The summed E-state index contributed by atoms with van der Waals surface area (Å²) in [6.45, 7) is 6.42. The van der Waals surface area contributed by atoms with E-state index in [1.807, 2.05) is 24.3 Å². The average Bonchev–Trinajstić information content (AvgIpc) is 2.62. The zero-order valence-corrected chi connectivity index (χ0v) is 17.0. The van der Waals surface area contributed by atoms with Crippen LogP contribution in [0.3, 0.4) is 0 Å². The van der Waals surface area contributed by atoms with Crippen molar-refractivity contribution >= 4 is 27.6 Å². The second kappa shape index (κ2) is 8.37. The van der Waals surface area contributed by atoms with Gasteiger partial charge in [0, 0.05) is 5.33 Å². The first kappa shape index (κ1) is 18.5. The van der Waals surface area contributed by atoms with Crippen molar-refractivity contribution in [3.63, 3.8) is 0 Å². The standard InChI is InChI=1S/C24H23BrO/c1-17-12-18(2)14-21(13-17)15-19(3)22-6-10-24(11-7-22)26-23-8-4-20(16-25)5-9-23/h4-15H,16H2,1-3H3/b19-15-. The molecule has 0 aromatic heterocycles. The number of benzene rings is 3. The van der Waals surface area contributed by atoms with Gasteiger partial charge in [0.1, 0.15) is 11.5 Å². The van der Waals surface area contributed by atoms with E-state index in [4.69, 9.17) is 4.74 Å². The number of halogens is 1. The lowest BCUT2D eigenvalue weighted by molar-refractivity contribution is 0.482. The first-order chi connectivity index (χ1) is 12.5. The summed E-state index contributed by atoms with van der Waals surface area (Å²) >= 11 is 3.46. The van der Waals surface area contributed by atoms with E-state index in [0.717, 1.165) is 16.8 Å². The zero-order valence-electron chi connectivity index (χ0n) is 15.4. The highest BCUT2D eigenvalue weighted by Crippen LogP contribution is 2.25. The maximum atomic E-state index is 5.93. The van der Waals surface area contributed by atoms with Crippen LogP contribution in [0.15, 0.2) is 66.7 Å². The molecule has 0 atom stereocenters. The molecule has 3 aromatic rings. The number of hydrogen-bond acceptors (Lipinski definition) is 1. The zero-order chi connectivity index (χ0) is 18.5. The van der Waals surface area contributed by atoms with Crippen LogP contribution in [0.5, 0.6) is 11.5 Å². The molecule has 0 N–H and O–H groups in total. The molecular formula is C24H23BrO. The van der Waals surface area contributed by atoms with Gasteiger partial charge >= 0.3 is 0 Å². The van der Waals surface area contributed by atoms with Crippen molar-refractivity contribution in [2.24, 2.45) is 0 Å². The molecule has 0 aliphatic rings. The van der Waals surface area contributed by atoms with Crippen LogP contribution in [-0.4, -0.2) is 0 Å². The van der Waals surface area contributed by atoms with Gasteiger partial charge in [-0.1, -0.05) is 75.6 Å². The van der Waals surface area contributed by atoms with Crippen molar-refractivity contribution in [3.8, 4) is 11.5 Å². The lowest BCUT2D eigenvalue weighted by Gasteiger charge is -2.08. The third-order valence-electron chi connectivity index (χ3n) is 4.25. The molecule has 0 bridgehead atoms. The first-order valence-electron chi connectivity index (χ1n) is 8.73. The SMILES string of the molecule is C/C(=C/c1cc(C)cc(C)c1)c1ccc(Oc2ccc(CBr)cc2)cc1. The van der Waals surface area contributed by atoms with Gasteiger partial charge in [-0.15, -0.1) is 0 Å². The summed E-state index contributed by atoms with van der Waals surface area (Å²) < 4.78 is 5.93. The molecule has 3 rings (SSSR count). The predicted octanol–water partition coefficient (Wildman–Crippen LogP) is 7.55. The smallest absolute Gasteiger partial charge is 0.127 e. The quantitative estimate of drug-likeness (QED) is 0.313. The van der Waals surface area contributed by atoms with E-state index in [-0.39, 0.29) is 0 Å². The molecule has 0 heterocycles. The Labute approximate surface area is 164 Å². The Hall–Kier alpha value is -2.32. The Morgan fingerprint density at radius 3 is 1.92 bits per heavy atom. The van der Waals surface area contributed by atoms with E-state index in [1.54, 1.807) is 0 Å². The fourth-order valence-corrected chi connectivity index (χ4v) is 3.37. The van der Waals surface area contributed by atoms with Gasteiger partial charge in [-0.3, -0.25) is 0 Å². The second-order valence-electron chi connectivity index (χ2n) is 6.65. The summed E-state index contributed by atoms with van der Waals surface area (Å²) in [6, 6.07) is 23.0. The van der Waals surface area contributed by atoms with Crippen molar-refractivity contribution in [1.29, 1.82) is 0 Å². The monoisotopic (exact) mass is 406 g/mol. The van der Waals surface area contributed by atoms with Crippen molar-refractivity contribution in [2.45, 2.75) is 26.1 Å². The number of aryl methyl sites for hydroxylation is 2. The van der Waals surface area contributed by atoms with Gasteiger partial charge in [-0.25, -0.2) is 0 Å². The van der Waals surface area contributed by atoms with Gasteiger partial charge in [-0.05, 0) is 67.3 Å². The maximum Gasteiger partial charge on any atom is 0.127 e. The molecule has 0 spiro atoms. The van der Waals surface area contributed by atoms with Gasteiger partial charge in [0.15, 0.2) is 0 Å². The molecule has 3 aromatic carbocycles. The molecule has 0 saturated carbocycles. The van der Waals surface area contributed by atoms with Crippen molar-refractivity contribution in [1.82, 2.24) is 0 Å². The van der Waals surface area contributed by atoms with Crippen molar-refractivity contribution in [2.75, 3.05) is 0 Å². The second-order valence-corrected chi connectivity index (χ2v) is 7.21. The molecule has 0 amide bonds. The van der Waals surface area contributed by atoms with Crippen LogP contribution in [0.25, 0.3) is 11.6 Å². The van der Waals surface area contributed by atoms with E-state index >= 15 is 0 Å². The molecule has 1 nitrogen and oxygen atoms in total. The van der Waals surface area contributed by atoms with Gasteiger partial charge in [-0.2, -0.15) is 0 Å². The number of allylic oxidation sites excluding steroid dienone is 1. The fraction of sp³-hybridized carbons (Fsp3) is 0.167. The highest BCUT2D eigenvalue weighted by atomic mass is 79.9. The van der Waals surface area contributed by atoms with Crippen molar-refractivity contribution < 1.29 is 4.74 Å². The Morgan fingerprint density at radius 2 is 1.38 bits per heavy atom. The number of hydrogen-bond donors (Lipinski definition) is 0. The van der Waals surface area contributed by atoms with E-state index in [2.05, 4.69) is 85.2 Å². The van der Waals surface area contributed by atoms with Gasteiger partial charge in [0.25, 0.3) is 0 Å². The Balaban J connectivity index is 1.74. The first-order valence-corrected chi connectivity index (χ1v) is 9.85. The molecule has 0 saturated heterocycles. The van der Waals surface area contributed by atoms with Gasteiger partial charge in [0.2, 0.25) is 0 Å². The van der Waals surface area contributed by atoms with Crippen LogP contribution in [0, 0.1) is 13.8 Å². The Bertz CT molecular complexity index is 886. The van der Waals surface area contributed by atoms with Crippen LogP contribution >= 0.6 is 15.9 Å². The van der Waals surface area contributed by atoms with E-state index in [0.29, 0.717) is 0 Å². The summed E-state index contributed by atoms with van der Waals surface area (Å²) in [6.07, 6.45) is 2.23. The topological polar surface area (TPSA) is 9.23 Å². The van der Waals surface area contributed by atoms with E-state index < -0.39 is 0 Å². The summed E-state index contributed by atoms with van der Waals surface area (Å²) in [5.74, 6) is 1.70. The molecule has 26 heavy (non-hydrogen) atoms. The van der Waals surface area contributed by atoms with E-state index in [9.17, 15) is 0 Å². The minimum absolute atomic E-state index is 0.847. The molecule has 2 heteroatoms.